The summed E-state index contributed by atoms with van der Waals surface area (Å²) in [6, 6.07) is 19.2. The van der Waals surface area contributed by atoms with Crippen molar-refractivity contribution in [2.75, 3.05) is 5.32 Å². The van der Waals surface area contributed by atoms with E-state index in [1.165, 1.54) is 18.2 Å². The van der Waals surface area contributed by atoms with Gasteiger partial charge in [-0.25, -0.2) is 0 Å². The second kappa shape index (κ2) is 10.2. The normalized spacial score (nSPS) is 11.5. The van der Waals surface area contributed by atoms with Gasteiger partial charge in [0.2, 0.25) is 5.75 Å². The summed E-state index contributed by atoms with van der Waals surface area (Å²) in [5.74, 6) is -0.0628. The van der Waals surface area contributed by atoms with Gasteiger partial charge in [0.25, 0.3) is 5.91 Å². The highest BCUT2D eigenvalue weighted by atomic mass is 16.6. The number of nitro groups is 1. The molecule has 0 saturated heterocycles. The van der Waals surface area contributed by atoms with E-state index in [-0.39, 0.29) is 22.4 Å². The summed E-state index contributed by atoms with van der Waals surface area (Å²) in [5.41, 5.74) is 3.40. The lowest BCUT2D eigenvalue weighted by Gasteiger charge is -2.19. The Balaban J connectivity index is 1.86. The summed E-state index contributed by atoms with van der Waals surface area (Å²) in [5, 5.41) is 24.0. The molecular weight excluding hydrogens is 442 g/mol. The van der Waals surface area contributed by atoms with Gasteiger partial charge in [-0.15, -0.1) is 0 Å². The maximum absolute atomic E-state index is 12.7. The van der Waals surface area contributed by atoms with Crippen LogP contribution < -0.4 is 10.1 Å². The first-order valence-corrected chi connectivity index (χ1v) is 11.0. The zero-order valence-corrected chi connectivity index (χ0v) is 20.4. The first-order chi connectivity index (χ1) is 16.5. The molecule has 3 rings (SSSR count). The van der Waals surface area contributed by atoms with Crippen LogP contribution in [0.25, 0.3) is 6.08 Å². The largest absolute Gasteiger partial charge is 0.450 e. The molecule has 0 saturated carbocycles. The molecule has 1 N–H and O–H groups in total. The quantitative estimate of drug-likeness (QED) is 0.184. The number of hydrogen-bond donors (Lipinski definition) is 1. The number of anilines is 1. The standard InChI is InChI=1S/C28H27N3O4/c1-18-6-7-19(2)24(14-18)30-27(32)21(17-29)15-20-8-13-26(25(16-20)31(33)34)35-23-11-9-22(10-12-23)28(3,4)5/h6-16H,1-5H3,(H,30,32)/b21-15-. The number of carbonyl (C=O) groups is 1. The Hall–Kier alpha value is -4.44. The number of carbonyl (C=O) groups excluding carboxylic acids is 1. The summed E-state index contributed by atoms with van der Waals surface area (Å²) < 4.78 is 5.77. The van der Waals surface area contributed by atoms with Crippen LogP contribution in [0, 0.1) is 35.3 Å². The smallest absolute Gasteiger partial charge is 0.312 e. The Morgan fingerprint density at radius 2 is 1.74 bits per heavy atom. The number of nitro benzene ring substituents is 1. The predicted octanol–water partition coefficient (Wildman–Crippen LogP) is 6.85. The van der Waals surface area contributed by atoms with Crippen molar-refractivity contribution in [3.63, 3.8) is 0 Å². The second-order valence-corrected chi connectivity index (χ2v) is 9.30. The molecule has 0 aromatic heterocycles. The van der Waals surface area contributed by atoms with E-state index in [0.29, 0.717) is 17.0 Å². The Labute approximate surface area is 204 Å². The Morgan fingerprint density at radius 1 is 1.06 bits per heavy atom. The molecule has 3 aromatic carbocycles. The lowest BCUT2D eigenvalue weighted by Crippen LogP contribution is -2.14. The minimum Gasteiger partial charge on any atom is -0.450 e. The first-order valence-electron chi connectivity index (χ1n) is 11.0. The minimum absolute atomic E-state index is 0.0265. The van der Waals surface area contributed by atoms with Crippen LogP contribution in [0.2, 0.25) is 0 Å². The number of nitrogens with zero attached hydrogens (tertiary/aromatic N) is 2. The van der Waals surface area contributed by atoms with Crippen molar-refractivity contribution in [2.24, 2.45) is 0 Å². The van der Waals surface area contributed by atoms with Crippen molar-refractivity contribution < 1.29 is 14.5 Å². The lowest BCUT2D eigenvalue weighted by molar-refractivity contribution is -0.385. The van der Waals surface area contributed by atoms with Crippen LogP contribution >= 0.6 is 0 Å². The van der Waals surface area contributed by atoms with Gasteiger partial charge >= 0.3 is 5.69 Å². The van der Waals surface area contributed by atoms with Crippen molar-refractivity contribution in [3.8, 4) is 17.6 Å². The fourth-order valence-corrected chi connectivity index (χ4v) is 3.38. The Bertz CT molecular complexity index is 1340. The average Bonchev–Trinajstić information content (AvgIpc) is 2.80. The zero-order chi connectivity index (χ0) is 25.8. The zero-order valence-electron chi connectivity index (χ0n) is 20.4. The molecule has 0 atom stereocenters. The van der Waals surface area contributed by atoms with E-state index in [1.54, 1.807) is 18.2 Å². The van der Waals surface area contributed by atoms with E-state index in [4.69, 9.17) is 4.74 Å². The van der Waals surface area contributed by atoms with Crippen LogP contribution in [0.5, 0.6) is 11.5 Å². The summed E-state index contributed by atoms with van der Waals surface area (Å²) in [4.78, 5) is 23.8. The van der Waals surface area contributed by atoms with Gasteiger partial charge in [0.1, 0.15) is 17.4 Å². The van der Waals surface area contributed by atoms with E-state index in [0.717, 1.165) is 16.7 Å². The molecule has 3 aromatic rings. The number of nitrogens with one attached hydrogen (secondary N) is 1. The number of benzene rings is 3. The number of aryl methyl sites for hydroxylation is 2. The van der Waals surface area contributed by atoms with E-state index < -0.39 is 10.8 Å². The summed E-state index contributed by atoms with van der Waals surface area (Å²) in [6.45, 7) is 10.0. The number of amides is 1. The highest BCUT2D eigenvalue weighted by molar-refractivity contribution is 6.10. The maximum atomic E-state index is 12.7. The number of ether oxygens (including phenoxy) is 1. The maximum Gasteiger partial charge on any atom is 0.312 e. The van der Waals surface area contributed by atoms with Gasteiger partial charge in [0.05, 0.1) is 4.92 Å². The monoisotopic (exact) mass is 469 g/mol. The fraction of sp³-hybridized carbons (Fsp3) is 0.214. The average molecular weight is 470 g/mol. The van der Waals surface area contributed by atoms with Crippen LogP contribution in [-0.2, 0) is 10.2 Å². The minimum atomic E-state index is -0.594. The van der Waals surface area contributed by atoms with E-state index in [2.05, 4.69) is 26.1 Å². The molecule has 0 heterocycles. The number of hydrogen-bond acceptors (Lipinski definition) is 5. The highest BCUT2D eigenvalue weighted by Crippen LogP contribution is 2.34. The molecule has 7 nitrogen and oxygen atoms in total. The summed E-state index contributed by atoms with van der Waals surface area (Å²) >= 11 is 0. The van der Waals surface area contributed by atoms with Crippen molar-refractivity contribution in [1.29, 1.82) is 5.26 Å². The number of rotatable bonds is 6. The molecule has 35 heavy (non-hydrogen) atoms. The molecule has 7 heteroatoms. The van der Waals surface area contributed by atoms with Gasteiger partial charge in [-0.2, -0.15) is 5.26 Å². The van der Waals surface area contributed by atoms with Crippen molar-refractivity contribution in [1.82, 2.24) is 0 Å². The SMILES string of the molecule is Cc1ccc(C)c(NC(=O)/C(C#N)=C\c2ccc(Oc3ccc(C(C)(C)C)cc3)c([N+](=O)[O-])c2)c1. The van der Waals surface area contributed by atoms with Crippen LogP contribution in [0.3, 0.4) is 0 Å². The van der Waals surface area contributed by atoms with Crippen LogP contribution in [0.4, 0.5) is 11.4 Å². The van der Waals surface area contributed by atoms with Gasteiger partial charge < -0.3 is 10.1 Å². The van der Waals surface area contributed by atoms with Crippen molar-refractivity contribution >= 4 is 23.4 Å². The van der Waals surface area contributed by atoms with Crippen LogP contribution in [0.1, 0.15) is 43.0 Å². The molecule has 0 radical (unpaired) electrons. The third-order valence-corrected chi connectivity index (χ3v) is 5.45. The summed E-state index contributed by atoms with van der Waals surface area (Å²) in [7, 11) is 0. The Morgan fingerprint density at radius 3 is 2.34 bits per heavy atom. The third-order valence-electron chi connectivity index (χ3n) is 5.45. The van der Waals surface area contributed by atoms with Crippen LogP contribution in [-0.4, -0.2) is 10.8 Å². The van der Waals surface area contributed by atoms with Gasteiger partial charge in [-0.05, 0) is 71.9 Å². The highest BCUT2D eigenvalue weighted by Gasteiger charge is 2.19. The van der Waals surface area contributed by atoms with Gasteiger partial charge in [0, 0.05) is 11.8 Å². The molecule has 0 unspecified atom stereocenters. The predicted molar refractivity (Wildman–Crippen MR) is 136 cm³/mol. The third kappa shape index (κ3) is 6.33. The second-order valence-electron chi connectivity index (χ2n) is 9.30. The molecule has 0 aliphatic carbocycles. The van der Waals surface area contributed by atoms with Crippen molar-refractivity contribution in [2.45, 2.75) is 40.0 Å². The van der Waals surface area contributed by atoms with E-state index >= 15 is 0 Å². The number of nitriles is 1. The fourth-order valence-electron chi connectivity index (χ4n) is 3.38. The molecule has 0 bridgehead atoms. The van der Waals surface area contributed by atoms with Crippen LogP contribution in [0.15, 0.2) is 66.2 Å². The first kappa shape index (κ1) is 25.2. The molecule has 1 amide bonds. The van der Waals surface area contributed by atoms with E-state index in [9.17, 15) is 20.2 Å². The van der Waals surface area contributed by atoms with Gasteiger partial charge in [0.15, 0.2) is 0 Å². The van der Waals surface area contributed by atoms with Gasteiger partial charge in [-0.1, -0.05) is 51.1 Å². The Kier molecular flexibility index (Phi) is 7.36. The van der Waals surface area contributed by atoms with Crippen molar-refractivity contribution in [3.05, 3.63) is 98.6 Å². The van der Waals surface area contributed by atoms with Gasteiger partial charge in [-0.3, -0.25) is 14.9 Å². The van der Waals surface area contributed by atoms with E-state index in [1.807, 2.05) is 50.2 Å². The molecular formula is C28H27N3O4. The molecule has 0 spiro atoms. The molecule has 0 aliphatic rings. The summed E-state index contributed by atoms with van der Waals surface area (Å²) in [6.07, 6.45) is 1.31. The topological polar surface area (TPSA) is 105 Å². The molecule has 0 aliphatic heterocycles. The lowest BCUT2D eigenvalue weighted by atomic mass is 9.87. The molecule has 0 fully saturated rings. The molecule has 178 valence electrons.